The number of nitrogens with two attached hydrogens (primary N) is 2. The number of benzene rings is 1. The van der Waals surface area contributed by atoms with E-state index in [9.17, 15) is 0 Å². The van der Waals surface area contributed by atoms with Crippen molar-refractivity contribution in [1.82, 2.24) is 0 Å². The maximum absolute atomic E-state index is 5.96. The van der Waals surface area contributed by atoms with Crippen LogP contribution in [0.3, 0.4) is 0 Å². The largest absolute Gasteiger partial charge is 0.399 e. The summed E-state index contributed by atoms with van der Waals surface area (Å²) in [6, 6.07) is 6.25. The number of hydrogen-bond acceptors (Lipinski definition) is 4. The van der Waals surface area contributed by atoms with Gasteiger partial charge in [-0.2, -0.15) is 0 Å². The monoisotopic (exact) mass is 261 g/mol. The maximum Gasteiger partial charge on any atom is 0.154 e. The third-order valence-electron chi connectivity index (χ3n) is 4.25. The second-order valence-corrected chi connectivity index (χ2v) is 6.45. The Morgan fingerprint density at radius 1 is 1.39 bits per heavy atom. The highest BCUT2D eigenvalue weighted by Gasteiger charge is 2.41. The fourth-order valence-corrected chi connectivity index (χ4v) is 4.28. The molecule has 1 aliphatic heterocycles. The molecule has 0 bridgehead atoms. The van der Waals surface area contributed by atoms with E-state index in [4.69, 9.17) is 16.5 Å². The van der Waals surface area contributed by atoms with E-state index < -0.39 is 0 Å². The van der Waals surface area contributed by atoms with Gasteiger partial charge in [0, 0.05) is 11.4 Å². The lowest BCUT2D eigenvalue weighted by Gasteiger charge is -2.37. The van der Waals surface area contributed by atoms with Crippen LogP contribution in [0.15, 0.2) is 23.2 Å². The first-order valence-corrected chi connectivity index (χ1v) is 7.45. The normalized spacial score (nSPS) is 30.9. The highest BCUT2D eigenvalue weighted by atomic mass is 32.2. The van der Waals surface area contributed by atoms with E-state index in [2.05, 4.69) is 19.1 Å². The van der Waals surface area contributed by atoms with Crippen LogP contribution in [0.25, 0.3) is 0 Å². The lowest BCUT2D eigenvalue weighted by Crippen LogP contribution is -2.37. The Morgan fingerprint density at radius 3 is 3.06 bits per heavy atom. The van der Waals surface area contributed by atoms with Crippen molar-refractivity contribution in [3.63, 3.8) is 0 Å². The topological polar surface area (TPSA) is 64.4 Å². The molecule has 18 heavy (non-hydrogen) atoms. The zero-order valence-electron chi connectivity index (χ0n) is 10.6. The molecule has 1 heterocycles. The van der Waals surface area contributed by atoms with Crippen molar-refractivity contribution in [2.45, 2.75) is 31.7 Å². The molecule has 96 valence electrons. The van der Waals surface area contributed by atoms with Gasteiger partial charge in [0.25, 0.3) is 0 Å². The molecule has 2 aliphatic rings. The van der Waals surface area contributed by atoms with E-state index in [-0.39, 0.29) is 5.54 Å². The molecule has 4 N–H and O–H groups in total. The average molecular weight is 261 g/mol. The zero-order valence-corrected chi connectivity index (χ0v) is 11.5. The van der Waals surface area contributed by atoms with Crippen molar-refractivity contribution >= 4 is 22.6 Å². The number of aliphatic imine (C=N–C) groups is 1. The summed E-state index contributed by atoms with van der Waals surface area (Å²) < 4.78 is 0. The van der Waals surface area contributed by atoms with Crippen molar-refractivity contribution in [2.75, 3.05) is 11.5 Å². The van der Waals surface area contributed by atoms with Gasteiger partial charge in [-0.3, -0.25) is 4.99 Å². The van der Waals surface area contributed by atoms with Crippen LogP contribution in [0.2, 0.25) is 0 Å². The summed E-state index contributed by atoms with van der Waals surface area (Å²) in [4.78, 5) is 4.78. The van der Waals surface area contributed by atoms with E-state index >= 15 is 0 Å². The van der Waals surface area contributed by atoms with Crippen LogP contribution in [0.1, 0.15) is 30.9 Å². The van der Waals surface area contributed by atoms with Crippen molar-refractivity contribution in [3.8, 4) is 0 Å². The van der Waals surface area contributed by atoms with Gasteiger partial charge >= 0.3 is 0 Å². The van der Waals surface area contributed by atoms with Gasteiger partial charge in [-0.15, -0.1) is 0 Å². The highest BCUT2D eigenvalue weighted by Crippen LogP contribution is 2.46. The first kappa shape index (κ1) is 11.9. The summed E-state index contributed by atoms with van der Waals surface area (Å²) in [7, 11) is 0. The molecule has 3 nitrogen and oxygen atoms in total. The van der Waals surface area contributed by atoms with E-state index in [1.165, 1.54) is 24.0 Å². The molecule has 0 fully saturated rings. The molecule has 2 atom stereocenters. The molecule has 1 aromatic rings. The van der Waals surface area contributed by atoms with Crippen LogP contribution in [0, 0.1) is 5.92 Å². The van der Waals surface area contributed by atoms with Gasteiger partial charge in [-0.05, 0) is 55.4 Å². The Bertz CT molecular complexity index is 512. The highest BCUT2D eigenvalue weighted by molar-refractivity contribution is 8.13. The van der Waals surface area contributed by atoms with Crippen molar-refractivity contribution < 1.29 is 0 Å². The molecule has 0 amide bonds. The Hall–Kier alpha value is -1.16. The standard InChI is InChI=1S/C14H19N3S/c1-14-10(8-18-13(16)17-14)4-2-3-9-5-6-11(15)7-12(9)14/h5-7,10H,2-4,8,15H2,1H3,(H2,16,17)/t10-,14+/m0/s1. The number of aryl methyl sites for hydroxylation is 1. The fourth-order valence-electron chi connectivity index (χ4n) is 3.17. The number of nitrogens with zero attached hydrogens (tertiary/aromatic N) is 1. The predicted octanol–water partition coefficient (Wildman–Crippen LogP) is 2.50. The number of amidine groups is 1. The number of nitrogen functional groups attached to an aromatic ring is 1. The molecule has 0 aromatic heterocycles. The quantitative estimate of drug-likeness (QED) is 0.705. The van der Waals surface area contributed by atoms with Crippen molar-refractivity contribution in [3.05, 3.63) is 29.3 Å². The van der Waals surface area contributed by atoms with Crippen molar-refractivity contribution in [2.24, 2.45) is 16.6 Å². The minimum absolute atomic E-state index is 0.184. The van der Waals surface area contributed by atoms with Gasteiger partial charge in [0.1, 0.15) is 0 Å². The summed E-state index contributed by atoms with van der Waals surface area (Å²) in [5, 5.41) is 0.712. The van der Waals surface area contributed by atoms with Gasteiger partial charge < -0.3 is 11.5 Å². The molecular weight excluding hydrogens is 242 g/mol. The van der Waals surface area contributed by atoms with Crippen LogP contribution < -0.4 is 11.5 Å². The number of hydrogen-bond donors (Lipinski definition) is 2. The second-order valence-electron chi connectivity index (χ2n) is 5.41. The molecule has 1 aromatic carbocycles. The lowest BCUT2D eigenvalue weighted by molar-refractivity contribution is 0.317. The van der Waals surface area contributed by atoms with E-state index in [1.807, 2.05) is 6.07 Å². The Labute approximate surface area is 112 Å². The number of thioether (sulfide) groups is 1. The molecule has 0 radical (unpaired) electrons. The van der Waals surface area contributed by atoms with Gasteiger partial charge in [-0.1, -0.05) is 17.8 Å². The van der Waals surface area contributed by atoms with Gasteiger partial charge in [-0.25, -0.2) is 0 Å². The predicted molar refractivity (Wildman–Crippen MR) is 78.7 cm³/mol. The fraction of sp³-hybridized carbons (Fsp3) is 0.500. The summed E-state index contributed by atoms with van der Waals surface area (Å²) >= 11 is 1.69. The lowest BCUT2D eigenvalue weighted by atomic mass is 9.79. The number of fused-ring (bicyclic) bond motifs is 3. The van der Waals surface area contributed by atoms with Crippen LogP contribution in [0.4, 0.5) is 5.69 Å². The molecule has 0 saturated carbocycles. The minimum atomic E-state index is -0.184. The summed E-state index contributed by atoms with van der Waals surface area (Å²) in [6.07, 6.45) is 3.57. The first-order chi connectivity index (χ1) is 8.59. The van der Waals surface area contributed by atoms with Crippen LogP contribution in [-0.2, 0) is 12.0 Å². The summed E-state index contributed by atoms with van der Waals surface area (Å²) in [6.45, 7) is 2.22. The van der Waals surface area contributed by atoms with E-state index in [1.54, 1.807) is 11.8 Å². The zero-order chi connectivity index (χ0) is 12.8. The van der Waals surface area contributed by atoms with Crippen LogP contribution in [0.5, 0.6) is 0 Å². The first-order valence-electron chi connectivity index (χ1n) is 6.46. The molecule has 3 rings (SSSR count). The van der Waals surface area contributed by atoms with Gasteiger partial charge in [0.2, 0.25) is 0 Å². The molecule has 0 saturated heterocycles. The van der Waals surface area contributed by atoms with E-state index in [0.717, 1.165) is 17.9 Å². The molecule has 4 heteroatoms. The average Bonchev–Trinajstić information content (AvgIpc) is 2.46. The molecule has 0 unspecified atom stereocenters. The molecular formula is C14H19N3S. The maximum atomic E-state index is 5.96. The van der Waals surface area contributed by atoms with Gasteiger partial charge in [0.15, 0.2) is 5.17 Å². The van der Waals surface area contributed by atoms with Crippen molar-refractivity contribution in [1.29, 1.82) is 0 Å². The Morgan fingerprint density at radius 2 is 2.22 bits per heavy atom. The van der Waals surface area contributed by atoms with E-state index in [0.29, 0.717) is 11.1 Å². The number of rotatable bonds is 0. The summed E-state index contributed by atoms with van der Waals surface area (Å²) in [5.41, 5.74) is 15.2. The Balaban J connectivity index is 2.19. The SMILES string of the molecule is C[C@@]12N=C(N)SC[C@@H]1CCCc1ccc(N)cc12. The Kier molecular flexibility index (Phi) is 2.77. The van der Waals surface area contributed by atoms with Gasteiger partial charge in [0.05, 0.1) is 5.54 Å². The molecule has 0 spiro atoms. The third-order valence-corrected chi connectivity index (χ3v) is 5.20. The number of anilines is 1. The summed E-state index contributed by atoms with van der Waals surface area (Å²) in [5.74, 6) is 1.64. The molecule has 1 aliphatic carbocycles. The van der Waals surface area contributed by atoms with Crippen LogP contribution >= 0.6 is 11.8 Å². The smallest absolute Gasteiger partial charge is 0.154 e. The minimum Gasteiger partial charge on any atom is -0.399 e. The second kappa shape index (κ2) is 4.19. The van der Waals surface area contributed by atoms with Crippen LogP contribution in [-0.4, -0.2) is 10.9 Å². The third kappa shape index (κ3) is 1.79.